The number of benzene rings is 1. The van der Waals surface area contributed by atoms with Crippen molar-refractivity contribution in [2.45, 2.75) is 31.8 Å². The summed E-state index contributed by atoms with van der Waals surface area (Å²) >= 11 is 0. The number of hydrogen-bond donors (Lipinski definition) is 2. The number of aryl methyl sites for hydroxylation is 1. The molecule has 0 aliphatic heterocycles. The van der Waals surface area contributed by atoms with Crippen LogP contribution in [-0.2, 0) is 21.4 Å². The summed E-state index contributed by atoms with van der Waals surface area (Å²) in [6, 6.07) is 3.31. The quantitative estimate of drug-likeness (QED) is 0.737. The fraction of sp³-hybridized carbons (Fsp3) is 0.538. The maximum atomic E-state index is 12.2. The molecule has 0 aliphatic rings. The predicted octanol–water partition coefficient (Wildman–Crippen LogP) is 1.11. The van der Waals surface area contributed by atoms with Crippen LogP contribution in [0.15, 0.2) is 17.0 Å². The Labute approximate surface area is 114 Å². The third kappa shape index (κ3) is 4.28. The minimum atomic E-state index is -3.54. The number of sulfonamides is 1. The first-order valence-electron chi connectivity index (χ1n) is 6.12. The van der Waals surface area contributed by atoms with Gasteiger partial charge in [0.15, 0.2) is 0 Å². The van der Waals surface area contributed by atoms with E-state index >= 15 is 0 Å². The minimum Gasteiger partial charge on any atom is -0.392 e. The van der Waals surface area contributed by atoms with Gasteiger partial charge < -0.3 is 9.84 Å². The summed E-state index contributed by atoms with van der Waals surface area (Å²) in [4.78, 5) is 0.231. The number of aliphatic hydroxyl groups is 1. The van der Waals surface area contributed by atoms with Gasteiger partial charge in [0.2, 0.25) is 10.0 Å². The van der Waals surface area contributed by atoms with Crippen molar-refractivity contribution in [3.8, 4) is 0 Å². The van der Waals surface area contributed by atoms with Gasteiger partial charge in [-0.05, 0) is 43.0 Å². The van der Waals surface area contributed by atoms with Gasteiger partial charge in [-0.1, -0.05) is 6.07 Å². The van der Waals surface area contributed by atoms with Crippen LogP contribution >= 0.6 is 0 Å². The Morgan fingerprint density at radius 1 is 1.32 bits per heavy atom. The largest absolute Gasteiger partial charge is 0.392 e. The summed E-state index contributed by atoms with van der Waals surface area (Å²) in [5.41, 5.74) is 2.15. The van der Waals surface area contributed by atoms with Gasteiger partial charge in [-0.2, -0.15) is 0 Å². The molecule has 108 valence electrons. The number of rotatable bonds is 7. The van der Waals surface area contributed by atoms with E-state index in [1.165, 1.54) is 6.07 Å². The molecule has 0 aromatic heterocycles. The van der Waals surface area contributed by atoms with Crippen LogP contribution in [0.25, 0.3) is 0 Å². The van der Waals surface area contributed by atoms with Gasteiger partial charge in [0, 0.05) is 20.3 Å². The number of nitrogens with one attached hydrogen (secondary N) is 1. The van der Waals surface area contributed by atoms with Crippen LogP contribution < -0.4 is 4.72 Å². The first-order valence-corrected chi connectivity index (χ1v) is 7.60. The lowest BCUT2D eigenvalue weighted by molar-refractivity contribution is 0.196. The lowest BCUT2D eigenvalue weighted by Crippen LogP contribution is -2.26. The van der Waals surface area contributed by atoms with Crippen molar-refractivity contribution in [3.05, 3.63) is 28.8 Å². The first-order chi connectivity index (χ1) is 8.92. The number of aliphatic hydroxyl groups excluding tert-OH is 1. The Bertz CT molecular complexity index is 526. The highest BCUT2D eigenvalue weighted by molar-refractivity contribution is 7.89. The van der Waals surface area contributed by atoms with Gasteiger partial charge in [-0.15, -0.1) is 0 Å². The molecule has 0 fully saturated rings. The minimum absolute atomic E-state index is 0.173. The number of methoxy groups -OCH3 is 1. The smallest absolute Gasteiger partial charge is 0.240 e. The van der Waals surface area contributed by atoms with Crippen molar-refractivity contribution < 1.29 is 18.3 Å². The van der Waals surface area contributed by atoms with Crippen molar-refractivity contribution in [2.75, 3.05) is 20.3 Å². The molecule has 0 radical (unpaired) electrons. The summed E-state index contributed by atoms with van der Waals surface area (Å²) in [5, 5.41) is 9.16. The van der Waals surface area contributed by atoms with Gasteiger partial charge in [0.05, 0.1) is 11.5 Å². The average molecular weight is 287 g/mol. The molecule has 0 amide bonds. The van der Waals surface area contributed by atoms with E-state index in [1.807, 2.05) is 6.92 Å². The van der Waals surface area contributed by atoms with E-state index < -0.39 is 10.0 Å². The number of ether oxygens (including phenoxy) is 1. The molecule has 0 spiro atoms. The lowest BCUT2D eigenvalue weighted by atomic mass is 10.1. The number of hydrogen-bond acceptors (Lipinski definition) is 4. The van der Waals surface area contributed by atoms with Crippen LogP contribution in [0.2, 0.25) is 0 Å². The molecule has 1 aromatic carbocycles. The molecular weight excluding hydrogens is 266 g/mol. The summed E-state index contributed by atoms with van der Waals surface area (Å²) in [7, 11) is -1.97. The van der Waals surface area contributed by atoms with E-state index in [1.54, 1.807) is 20.1 Å². The molecule has 0 saturated heterocycles. The molecule has 5 nitrogen and oxygen atoms in total. The van der Waals surface area contributed by atoms with E-state index in [-0.39, 0.29) is 11.5 Å². The van der Waals surface area contributed by atoms with Gasteiger partial charge in [-0.3, -0.25) is 0 Å². The Balaban J connectivity index is 2.97. The molecule has 0 bridgehead atoms. The normalized spacial score (nSPS) is 11.8. The highest BCUT2D eigenvalue weighted by Crippen LogP contribution is 2.21. The lowest BCUT2D eigenvalue weighted by Gasteiger charge is -2.12. The fourth-order valence-corrected chi connectivity index (χ4v) is 3.21. The van der Waals surface area contributed by atoms with Gasteiger partial charge in [0.1, 0.15) is 0 Å². The van der Waals surface area contributed by atoms with E-state index in [4.69, 9.17) is 9.84 Å². The van der Waals surface area contributed by atoms with Crippen LogP contribution in [0.1, 0.15) is 23.1 Å². The van der Waals surface area contributed by atoms with Gasteiger partial charge in [-0.25, -0.2) is 13.1 Å². The van der Waals surface area contributed by atoms with E-state index in [9.17, 15) is 8.42 Å². The van der Waals surface area contributed by atoms with Crippen LogP contribution in [0.3, 0.4) is 0 Å². The van der Waals surface area contributed by atoms with Crippen molar-refractivity contribution in [2.24, 2.45) is 0 Å². The average Bonchev–Trinajstić information content (AvgIpc) is 2.37. The van der Waals surface area contributed by atoms with Crippen LogP contribution in [0.5, 0.6) is 0 Å². The third-order valence-electron chi connectivity index (χ3n) is 2.97. The maximum Gasteiger partial charge on any atom is 0.240 e. The van der Waals surface area contributed by atoms with E-state index in [2.05, 4.69) is 4.72 Å². The van der Waals surface area contributed by atoms with Crippen LogP contribution in [0, 0.1) is 13.8 Å². The fourth-order valence-electron chi connectivity index (χ4n) is 1.77. The molecule has 0 heterocycles. The van der Waals surface area contributed by atoms with Crippen molar-refractivity contribution in [3.63, 3.8) is 0 Å². The highest BCUT2D eigenvalue weighted by atomic mass is 32.2. The monoisotopic (exact) mass is 287 g/mol. The molecule has 0 unspecified atom stereocenters. The molecule has 1 aromatic rings. The second-order valence-corrected chi connectivity index (χ2v) is 6.17. The first kappa shape index (κ1) is 16.1. The summed E-state index contributed by atoms with van der Waals surface area (Å²) in [6.45, 7) is 4.27. The van der Waals surface area contributed by atoms with Gasteiger partial charge in [0.25, 0.3) is 0 Å². The summed E-state index contributed by atoms with van der Waals surface area (Å²) in [6.07, 6.45) is 0.619. The van der Waals surface area contributed by atoms with Crippen molar-refractivity contribution in [1.82, 2.24) is 4.72 Å². The van der Waals surface area contributed by atoms with Gasteiger partial charge >= 0.3 is 0 Å². The molecule has 0 atom stereocenters. The second kappa shape index (κ2) is 7.00. The van der Waals surface area contributed by atoms with Crippen molar-refractivity contribution >= 4 is 10.0 Å². The zero-order chi connectivity index (χ0) is 14.5. The zero-order valence-corrected chi connectivity index (χ0v) is 12.4. The predicted molar refractivity (Wildman–Crippen MR) is 73.5 cm³/mol. The molecule has 0 aliphatic carbocycles. The Morgan fingerprint density at radius 3 is 2.58 bits per heavy atom. The molecule has 1 rings (SSSR count). The molecular formula is C13H21NO4S. The van der Waals surface area contributed by atoms with E-state index in [0.717, 1.165) is 5.56 Å². The van der Waals surface area contributed by atoms with Crippen LogP contribution in [0.4, 0.5) is 0 Å². The second-order valence-electron chi connectivity index (χ2n) is 4.44. The SMILES string of the molecule is COCCCNS(=O)(=O)c1cc(CO)cc(C)c1C. The van der Waals surface area contributed by atoms with Crippen molar-refractivity contribution in [1.29, 1.82) is 0 Å². The Kier molecular flexibility index (Phi) is 5.93. The molecule has 19 heavy (non-hydrogen) atoms. The molecule has 2 N–H and O–H groups in total. The topological polar surface area (TPSA) is 75.6 Å². The van der Waals surface area contributed by atoms with Crippen LogP contribution in [-0.4, -0.2) is 33.8 Å². The zero-order valence-electron chi connectivity index (χ0n) is 11.6. The summed E-state index contributed by atoms with van der Waals surface area (Å²) < 4.78 is 31.8. The highest BCUT2D eigenvalue weighted by Gasteiger charge is 2.18. The maximum absolute atomic E-state index is 12.2. The molecule has 0 saturated carbocycles. The Morgan fingerprint density at radius 2 is 2.00 bits per heavy atom. The summed E-state index contributed by atoms with van der Waals surface area (Å²) in [5.74, 6) is 0. The Hall–Kier alpha value is -0.950. The molecule has 6 heteroatoms. The third-order valence-corrected chi connectivity index (χ3v) is 4.56. The standard InChI is InChI=1S/C13H21NO4S/c1-10-7-12(9-15)8-13(11(10)2)19(16,17)14-5-4-6-18-3/h7-8,14-15H,4-6,9H2,1-3H3. The van der Waals surface area contributed by atoms with E-state index in [0.29, 0.717) is 30.7 Å².